The van der Waals surface area contributed by atoms with E-state index >= 15 is 0 Å². The summed E-state index contributed by atoms with van der Waals surface area (Å²) in [5.41, 5.74) is 0.918. The van der Waals surface area contributed by atoms with Crippen molar-refractivity contribution in [2.75, 3.05) is 20.7 Å². The number of hydrogen-bond acceptors (Lipinski definition) is 5. The van der Waals surface area contributed by atoms with Crippen molar-refractivity contribution in [3.8, 4) is 5.75 Å². The van der Waals surface area contributed by atoms with Crippen LogP contribution in [0.15, 0.2) is 52.7 Å². The maximum absolute atomic E-state index is 12.4. The molecule has 28 heavy (non-hydrogen) atoms. The van der Waals surface area contributed by atoms with Crippen LogP contribution < -0.4 is 10.1 Å². The molecule has 1 aromatic heterocycles. The summed E-state index contributed by atoms with van der Waals surface area (Å²) >= 11 is 6.76. The molecule has 0 unspecified atom stereocenters. The predicted molar refractivity (Wildman–Crippen MR) is 111 cm³/mol. The van der Waals surface area contributed by atoms with Gasteiger partial charge in [-0.05, 0) is 46.7 Å². The van der Waals surface area contributed by atoms with Crippen molar-refractivity contribution in [3.63, 3.8) is 0 Å². The number of methoxy groups -OCH3 is 1. The Morgan fingerprint density at radius 3 is 2.54 bits per heavy atom. The van der Waals surface area contributed by atoms with Gasteiger partial charge in [0.2, 0.25) is 5.91 Å². The van der Waals surface area contributed by atoms with Crippen LogP contribution in [0, 0.1) is 0 Å². The van der Waals surface area contributed by atoms with Crippen LogP contribution in [-0.4, -0.2) is 39.3 Å². The SMILES string of the molecule is COc1ccc2cc(CNC(=O)CN(C)S(=O)(=O)c3ccc(Cl)s3)ccc2c1. The van der Waals surface area contributed by atoms with Crippen molar-refractivity contribution in [3.05, 3.63) is 58.4 Å². The molecular formula is C19H19ClN2O4S2. The number of likely N-dealkylation sites (N-methyl/N-ethyl adjacent to an activating group) is 1. The number of ether oxygens (including phenoxy) is 1. The van der Waals surface area contributed by atoms with E-state index in [4.69, 9.17) is 16.3 Å². The summed E-state index contributed by atoms with van der Waals surface area (Å²) in [6.45, 7) is 0.0299. The van der Waals surface area contributed by atoms with Crippen LogP contribution in [0.25, 0.3) is 10.8 Å². The van der Waals surface area contributed by atoms with E-state index < -0.39 is 10.0 Å². The van der Waals surface area contributed by atoms with E-state index in [1.165, 1.54) is 19.2 Å². The van der Waals surface area contributed by atoms with Crippen molar-refractivity contribution in [1.29, 1.82) is 0 Å². The van der Waals surface area contributed by atoms with E-state index in [1.807, 2.05) is 36.4 Å². The van der Waals surface area contributed by atoms with Crippen molar-refractivity contribution < 1.29 is 17.9 Å². The molecule has 3 rings (SSSR count). The second kappa shape index (κ2) is 8.48. The van der Waals surface area contributed by atoms with Crippen LogP contribution in [0.3, 0.4) is 0 Å². The van der Waals surface area contributed by atoms with Crippen LogP contribution in [0.2, 0.25) is 4.34 Å². The summed E-state index contributed by atoms with van der Waals surface area (Å²) < 4.78 is 31.6. The first kappa shape index (κ1) is 20.6. The van der Waals surface area contributed by atoms with Gasteiger partial charge in [0.1, 0.15) is 9.96 Å². The van der Waals surface area contributed by atoms with Crippen LogP contribution in [0.4, 0.5) is 0 Å². The molecule has 1 N–H and O–H groups in total. The maximum atomic E-state index is 12.4. The lowest BCUT2D eigenvalue weighted by molar-refractivity contribution is -0.121. The second-order valence-corrected chi connectivity index (χ2v) is 10.1. The van der Waals surface area contributed by atoms with Gasteiger partial charge in [0, 0.05) is 13.6 Å². The molecule has 0 aliphatic heterocycles. The number of carbonyl (C=O) groups excluding carboxylic acids is 1. The normalized spacial score (nSPS) is 11.7. The van der Waals surface area contributed by atoms with Crippen molar-refractivity contribution in [2.24, 2.45) is 0 Å². The van der Waals surface area contributed by atoms with Gasteiger partial charge in [-0.2, -0.15) is 4.31 Å². The van der Waals surface area contributed by atoms with Crippen LogP contribution >= 0.6 is 22.9 Å². The molecule has 0 saturated carbocycles. The third-order valence-electron chi connectivity index (χ3n) is 4.18. The number of halogens is 1. The van der Waals surface area contributed by atoms with E-state index in [9.17, 15) is 13.2 Å². The Kier molecular flexibility index (Phi) is 6.24. The van der Waals surface area contributed by atoms with Gasteiger partial charge in [0.15, 0.2) is 0 Å². The smallest absolute Gasteiger partial charge is 0.252 e. The lowest BCUT2D eigenvalue weighted by Crippen LogP contribution is -2.37. The third-order valence-corrected chi connectivity index (χ3v) is 7.68. The number of amides is 1. The highest BCUT2D eigenvalue weighted by atomic mass is 35.5. The summed E-state index contributed by atoms with van der Waals surface area (Å²) in [6, 6.07) is 14.6. The monoisotopic (exact) mass is 438 g/mol. The van der Waals surface area contributed by atoms with E-state index in [-0.39, 0.29) is 16.7 Å². The lowest BCUT2D eigenvalue weighted by atomic mass is 10.1. The molecule has 2 aromatic carbocycles. The lowest BCUT2D eigenvalue weighted by Gasteiger charge is -2.15. The summed E-state index contributed by atoms with van der Waals surface area (Å²) in [5, 5.41) is 4.82. The second-order valence-electron chi connectivity index (χ2n) is 6.14. The Bertz CT molecular complexity index is 1110. The molecule has 0 aliphatic rings. The van der Waals surface area contributed by atoms with Gasteiger partial charge in [-0.3, -0.25) is 4.79 Å². The fourth-order valence-electron chi connectivity index (χ4n) is 2.64. The standard InChI is InChI=1S/C19H19ClN2O4S2/c1-22(28(24,25)19-8-7-17(20)27-19)12-18(23)21-11-13-3-4-15-10-16(26-2)6-5-14(15)9-13/h3-10H,11-12H2,1-2H3,(H,21,23). The Labute approximate surface area is 172 Å². The molecule has 0 fully saturated rings. The number of hydrogen-bond donors (Lipinski definition) is 1. The quantitative estimate of drug-likeness (QED) is 0.612. The largest absolute Gasteiger partial charge is 0.497 e. The minimum absolute atomic E-state index is 0.109. The Morgan fingerprint density at radius 2 is 1.86 bits per heavy atom. The van der Waals surface area contributed by atoms with Crippen LogP contribution in [0.5, 0.6) is 5.75 Å². The Balaban J connectivity index is 1.61. The minimum atomic E-state index is -3.74. The number of sulfonamides is 1. The summed E-state index contributed by atoms with van der Waals surface area (Å²) in [7, 11) is -0.750. The molecule has 6 nitrogen and oxygen atoms in total. The molecule has 1 amide bonds. The summed E-state index contributed by atoms with van der Waals surface area (Å²) in [5.74, 6) is 0.397. The number of benzene rings is 2. The first-order chi connectivity index (χ1) is 13.3. The average Bonchev–Trinajstić information content (AvgIpc) is 3.13. The van der Waals surface area contributed by atoms with Gasteiger partial charge in [-0.15, -0.1) is 11.3 Å². The molecule has 1 heterocycles. The van der Waals surface area contributed by atoms with Gasteiger partial charge < -0.3 is 10.1 Å². The molecule has 0 spiro atoms. The molecule has 0 aliphatic carbocycles. The fourth-order valence-corrected chi connectivity index (χ4v) is 5.46. The summed E-state index contributed by atoms with van der Waals surface area (Å²) in [6.07, 6.45) is 0. The zero-order chi connectivity index (χ0) is 20.3. The van der Waals surface area contributed by atoms with Crippen molar-refractivity contribution >= 4 is 49.6 Å². The van der Waals surface area contributed by atoms with Crippen molar-refractivity contribution in [1.82, 2.24) is 9.62 Å². The number of thiophene rings is 1. The topological polar surface area (TPSA) is 75.7 Å². The molecule has 0 bridgehead atoms. The van der Waals surface area contributed by atoms with Gasteiger partial charge >= 0.3 is 0 Å². The molecule has 0 atom stereocenters. The minimum Gasteiger partial charge on any atom is -0.497 e. The molecule has 148 valence electrons. The fraction of sp³-hybridized carbons (Fsp3) is 0.211. The first-order valence-corrected chi connectivity index (χ1v) is 11.0. The zero-order valence-corrected chi connectivity index (χ0v) is 17.7. The molecular weight excluding hydrogens is 420 g/mol. The van der Waals surface area contributed by atoms with Gasteiger partial charge in [-0.25, -0.2) is 8.42 Å². The first-order valence-electron chi connectivity index (χ1n) is 8.34. The third kappa shape index (κ3) is 4.64. The molecule has 0 radical (unpaired) electrons. The van der Waals surface area contributed by atoms with Crippen molar-refractivity contribution in [2.45, 2.75) is 10.8 Å². The van der Waals surface area contributed by atoms with Crippen LogP contribution in [-0.2, 0) is 21.4 Å². The Hall–Kier alpha value is -2.13. The number of rotatable bonds is 7. The highest BCUT2D eigenvalue weighted by molar-refractivity contribution is 7.91. The molecule has 9 heteroatoms. The average molecular weight is 439 g/mol. The molecule has 0 saturated heterocycles. The van der Waals surface area contributed by atoms with Crippen LogP contribution in [0.1, 0.15) is 5.56 Å². The number of nitrogens with one attached hydrogen (secondary N) is 1. The number of carbonyl (C=O) groups is 1. The van der Waals surface area contributed by atoms with E-state index in [1.54, 1.807) is 7.11 Å². The maximum Gasteiger partial charge on any atom is 0.252 e. The highest BCUT2D eigenvalue weighted by Crippen LogP contribution is 2.27. The predicted octanol–water partition coefficient (Wildman–Crippen LogP) is 3.50. The van der Waals surface area contributed by atoms with Gasteiger partial charge in [0.25, 0.3) is 10.0 Å². The van der Waals surface area contributed by atoms with Gasteiger partial charge in [0.05, 0.1) is 18.0 Å². The zero-order valence-electron chi connectivity index (χ0n) is 15.3. The summed E-state index contributed by atoms with van der Waals surface area (Å²) in [4.78, 5) is 12.2. The van der Waals surface area contributed by atoms with E-state index in [2.05, 4.69) is 5.32 Å². The Morgan fingerprint density at radius 1 is 1.14 bits per heavy atom. The van der Waals surface area contributed by atoms with E-state index in [0.29, 0.717) is 10.9 Å². The van der Waals surface area contributed by atoms with E-state index in [0.717, 1.165) is 37.7 Å². The van der Waals surface area contributed by atoms with Gasteiger partial charge in [-0.1, -0.05) is 29.8 Å². The number of fused-ring (bicyclic) bond motifs is 1. The number of nitrogens with zero attached hydrogens (tertiary/aromatic N) is 1. The highest BCUT2D eigenvalue weighted by Gasteiger charge is 2.24. The molecule has 3 aromatic rings.